The summed E-state index contributed by atoms with van der Waals surface area (Å²) in [7, 11) is 4.67. The van der Waals surface area contributed by atoms with Gasteiger partial charge in [-0.1, -0.05) is 0 Å². The maximum Gasteiger partial charge on any atom is 0.240 e. The Morgan fingerprint density at radius 2 is 1.88 bits per heavy atom. The van der Waals surface area contributed by atoms with E-state index in [1.807, 2.05) is 19.1 Å². The standard InChI is InChI=1S/C16H24N2O5.ClH/c1-10-14(17-5-6-23-10)16(19)18-9-11-7-12(20-2)15(22-4)13(8-11)21-3;/h7-8,10,14,17H,5-6,9H2,1-4H3,(H,18,19);1H/t10-,14+;/m1./s1. The van der Waals surface area contributed by atoms with Crippen molar-refractivity contribution in [3.63, 3.8) is 0 Å². The largest absolute Gasteiger partial charge is 0.493 e. The van der Waals surface area contributed by atoms with Gasteiger partial charge in [-0.3, -0.25) is 4.79 Å². The Bertz CT molecular complexity index is 530. The van der Waals surface area contributed by atoms with Crippen LogP contribution in [0.25, 0.3) is 0 Å². The van der Waals surface area contributed by atoms with Crippen LogP contribution in [0.1, 0.15) is 12.5 Å². The van der Waals surface area contributed by atoms with Crippen LogP contribution in [0, 0.1) is 0 Å². The number of nitrogens with one attached hydrogen (secondary N) is 2. The summed E-state index contributed by atoms with van der Waals surface area (Å²) in [5.74, 6) is 1.55. The van der Waals surface area contributed by atoms with Crippen molar-refractivity contribution in [1.29, 1.82) is 0 Å². The van der Waals surface area contributed by atoms with Crippen LogP contribution in [-0.4, -0.2) is 52.5 Å². The molecule has 0 radical (unpaired) electrons. The molecule has 1 fully saturated rings. The summed E-state index contributed by atoms with van der Waals surface area (Å²) in [6.45, 7) is 3.54. The van der Waals surface area contributed by atoms with Crippen LogP contribution in [0.2, 0.25) is 0 Å². The van der Waals surface area contributed by atoms with Crippen LogP contribution in [0.5, 0.6) is 17.2 Å². The number of hydrogen-bond acceptors (Lipinski definition) is 6. The number of ether oxygens (including phenoxy) is 4. The SMILES string of the molecule is COc1cc(CNC(=O)[C@H]2NCCO[C@@H]2C)cc(OC)c1OC.Cl. The number of hydrogen-bond donors (Lipinski definition) is 2. The van der Waals surface area contributed by atoms with Gasteiger partial charge < -0.3 is 29.6 Å². The fraction of sp³-hybridized carbons (Fsp3) is 0.562. The van der Waals surface area contributed by atoms with Crippen LogP contribution >= 0.6 is 12.4 Å². The fourth-order valence-corrected chi connectivity index (χ4v) is 2.56. The molecule has 0 spiro atoms. The Morgan fingerprint density at radius 3 is 2.38 bits per heavy atom. The van der Waals surface area contributed by atoms with E-state index in [-0.39, 0.29) is 30.5 Å². The number of amides is 1. The van der Waals surface area contributed by atoms with Crippen molar-refractivity contribution < 1.29 is 23.7 Å². The summed E-state index contributed by atoms with van der Waals surface area (Å²) in [5, 5.41) is 6.07. The van der Waals surface area contributed by atoms with Gasteiger partial charge in [-0.15, -0.1) is 12.4 Å². The van der Waals surface area contributed by atoms with E-state index in [1.165, 1.54) is 0 Å². The minimum atomic E-state index is -0.342. The third-order valence-electron chi connectivity index (χ3n) is 3.79. The molecule has 2 rings (SSSR count). The normalized spacial score (nSPS) is 19.8. The lowest BCUT2D eigenvalue weighted by Crippen LogP contribution is -2.55. The van der Waals surface area contributed by atoms with Crippen LogP contribution in [0.4, 0.5) is 0 Å². The average molecular weight is 361 g/mol. The Hall–Kier alpha value is -1.70. The zero-order chi connectivity index (χ0) is 16.8. The molecule has 0 bridgehead atoms. The summed E-state index contributed by atoms with van der Waals surface area (Å²) in [6.07, 6.45) is -0.149. The Balaban J connectivity index is 0.00000288. The second kappa shape index (κ2) is 9.56. The second-order valence-corrected chi connectivity index (χ2v) is 5.26. The van der Waals surface area contributed by atoms with Gasteiger partial charge in [0.1, 0.15) is 6.04 Å². The molecule has 7 nitrogen and oxygen atoms in total. The molecule has 1 aromatic rings. The van der Waals surface area contributed by atoms with Gasteiger partial charge in [0.15, 0.2) is 11.5 Å². The first-order valence-corrected chi connectivity index (χ1v) is 7.52. The molecule has 0 aliphatic carbocycles. The highest BCUT2D eigenvalue weighted by atomic mass is 35.5. The van der Waals surface area contributed by atoms with Gasteiger partial charge in [0.25, 0.3) is 0 Å². The van der Waals surface area contributed by atoms with E-state index in [4.69, 9.17) is 18.9 Å². The van der Waals surface area contributed by atoms with Crippen LogP contribution in [0.3, 0.4) is 0 Å². The quantitative estimate of drug-likeness (QED) is 0.791. The minimum absolute atomic E-state index is 0. The van der Waals surface area contributed by atoms with Gasteiger partial charge in [0, 0.05) is 13.1 Å². The third-order valence-corrected chi connectivity index (χ3v) is 3.79. The van der Waals surface area contributed by atoms with Gasteiger partial charge in [-0.05, 0) is 24.6 Å². The monoisotopic (exact) mass is 360 g/mol. The molecule has 1 saturated heterocycles. The molecule has 136 valence electrons. The molecule has 0 unspecified atom stereocenters. The molecule has 1 heterocycles. The van der Waals surface area contributed by atoms with Crippen molar-refractivity contribution in [3.8, 4) is 17.2 Å². The third kappa shape index (κ3) is 4.66. The van der Waals surface area contributed by atoms with E-state index < -0.39 is 0 Å². The van der Waals surface area contributed by atoms with E-state index in [0.29, 0.717) is 36.9 Å². The first-order valence-electron chi connectivity index (χ1n) is 7.52. The zero-order valence-electron chi connectivity index (χ0n) is 14.4. The van der Waals surface area contributed by atoms with Crippen LogP contribution in [-0.2, 0) is 16.1 Å². The molecule has 2 N–H and O–H groups in total. The van der Waals surface area contributed by atoms with Crippen molar-refractivity contribution in [3.05, 3.63) is 17.7 Å². The summed E-state index contributed by atoms with van der Waals surface area (Å²) in [4.78, 5) is 12.3. The molecule has 1 aromatic carbocycles. The number of morpholine rings is 1. The molecule has 0 saturated carbocycles. The Labute approximate surface area is 148 Å². The summed E-state index contributed by atoms with van der Waals surface area (Å²) < 4.78 is 21.4. The van der Waals surface area contributed by atoms with Gasteiger partial charge in [-0.2, -0.15) is 0 Å². The lowest BCUT2D eigenvalue weighted by Gasteiger charge is -2.29. The highest BCUT2D eigenvalue weighted by molar-refractivity contribution is 5.85. The van der Waals surface area contributed by atoms with E-state index in [1.54, 1.807) is 21.3 Å². The van der Waals surface area contributed by atoms with E-state index in [0.717, 1.165) is 5.56 Å². The van der Waals surface area contributed by atoms with Crippen molar-refractivity contribution >= 4 is 18.3 Å². The van der Waals surface area contributed by atoms with E-state index in [2.05, 4.69) is 10.6 Å². The Kier molecular flexibility index (Phi) is 8.10. The lowest BCUT2D eigenvalue weighted by molar-refractivity contribution is -0.129. The number of benzene rings is 1. The molecule has 1 amide bonds. The van der Waals surface area contributed by atoms with Crippen LogP contribution < -0.4 is 24.8 Å². The molecule has 8 heteroatoms. The lowest BCUT2D eigenvalue weighted by atomic mass is 10.1. The predicted octanol–water partition coefficient (Wildman–Crippen LogP) is 1.13. The average Bonchev–Trinajstić information content (AvgIpc) is 2.58. The fourth-order valence-electron chi connectivity index (χ4n) is 2.56. The smallest absolute Gasteiger partial charge is 0.240 e. The first-order chi connectivity index (χ1) is 11.1. The highest BCUT2D eigenvalue weighted by Gasteiger charge is 2.28. The number of methoxy groups -OCH3 is 3. The molecule has 1 aliphatic rings. The topological polar surface area (TPSA) is 78.1 Å². The first kappa shape index (κ1) is 20.3. The van der Waals surface area contributed by atoms with Gasteiger partial charge in [-0.25, -0.2) is 0 Å². The van der Waals surface area contributed by atoms with Gasteiger partial charge >= 0.3 is 0 Å². The minimum Gasteiger partial charge on any atom is -0.493 e. The van der Waals surface area contributed by atoms with Crippen LogP contribution in [0.15, 0.2) is 12.1 Å². The predicted molar refractivity (Wildman–Crippen MR) is 92.4 cm³/mol. The maximum absolute atomic E-state index is 12.3. The van der Waals surface area contributed by atoms with Crippen molar-refractivity contribution in [2.75, 3.05) is 34.5 Å². The van der Waals surface area contributed by atoms with Crippen molar-refractivity contribution in [2.45, 2.75) is 25.6 Å². The second-order valence-electron chi connectivity index (χ2n) is 5.26. The molecule has 24 heavy (non-hydrogen) atoms. The maximum atomic E-state index is 12.3. The molecule has 0 aromatic heterocycles. The summed E-state index contributed by atoms with van der Waals surface area (Å²) in [5.41, 5.74) is 0.859. The van der Waals surface area contributed by atoms with E-state index in [9.17, 15) is 4.79 Å². The summed E-state index contributed by atoms with van der Waals surface area (Å²) >= 11 is 0. The number of halogens is 1. The summed E-state index contributed by atoms with van der Waals surface area (Å²) in [6, 6.07) is 3.29. The number of carbonyl (C=O) groups excluding carboxylic acids is 1. The Morgan fingerprint density at radius 1 is 1.25 bits per heavy atom. The zero-order valence-corrected chi connectivity index (χ0v) is 15.2. The molecular weight excluding hydrogens is 336 g/mol. The van der Waals surface area contributed by atoms with Crippen molar-refractivity contribution in [1.82, 2.24) is 10.6 Å². The van der Waals surface area contributed by atoms with Crippen molar-refractivity contribution in [2.24, 2.45) is 0 Å². The van der Waals surface area contributed by atoms with E-state index >= 15 is 0 Å². The molecular formula is C16H25ClN2O5. The highest BCUT2D eigenvalue weighted by Crippen LogP contribution is 2.38. The van der Waals surface area contributed by atoms with Gasteiger partial charge in [0.2, 0.25) is 11.7 Å². The number of carbonyl (C=O) groups is 1. The molecule has 1 aliphatic heterocycles. The van der Waals surface area contributed by atoms with Gasteiger partial charge in [0.05, 0.1) is 34.0 Å². The number of rotatable bonds is 6. The molecule has 2 atom stereocenters.